The lowest BCUT2D eigenvalue weighted by Crippen LogP contribution is -2.20. The molecular weight excluding hydrogens is 261 g/mol. The number of rotatable bonds is 5. The van der Waals surface area contributed by atoms with Gasteiger partial charge in [0, 0.05) is 5.56 Å². The zero-order chi connectivity index (χ0) is 14.4. The molecule has 20 heavy (non-hydrogen) atoms. The maximum Gasteiger partial charge on any atom is 0.262 e. The van der Waals surface area contributed by atoms with Crippen molar-refractivity contribution >= 4 is 17.9 Å². The smallest absolute Gasteiger partial charge is 0.262 e. The molecule has 0 aliphatic carbocycles. The number of aldehydes is 1. The van der Waals surface area contributed by atoms with Gasteiger partial charge in [-0.05, 0) is 36.4 Å². The standard InChI is InChI=1S/C15H12FNO3/c16-13-3-1-2-4-14(13)17-15(19)10-20-12-7-5-11(9-18)6-8-12/h1-9H,10H2,(H,17,19). The Bertz CT molecular complexity index is 611. The molecule has 0 fully saturated rings. The van der Waals surface area contributed by atoms with Crippen molar-refractivity contribution in [1.29, 1.82) is 0 Å². The fourth-order valence-corrected chi connectivity index (χ4v) is 1.54. The van der Waals surface area contributed by atoms with Crippen LogP contribution in [0.15, 0.2) is 48.5 Å². The molecule has 5 heteroatoms. The summed E-state index contributed by atoms with van der Waals surface area (Å²) in [5.74, 6) is -0.509. The van der Waals surface area contributed by atoms with Crippen LogP contribution in [0, 0.1) is 5.82 Å². The number of hydrogen-bond donors (Lipinski definition) is 1. The van der Waals surface area contributed by atoms with Crippen LogP contribution in [0.4, 0.5) is 10.1 Å². The van der Waals surface area contributed by atoms with Crippen LogP contribution in [-0.2, 0) is 4.79 Å². The van der Waals surface area contributed by atoms with Gasteiger partial charge in [0.1, 0.15) is 17.9 Å². The van der Waals surface area contributed by atoms with Crippen molar-refractivity contribution in [2.45, 2.75) is 0 Å². The van der Waals surface area contributed by atoms with Crippen molar-refractivity contribution in [3.63, 3.8) is 0 Å². The number of ether oxygens (including phenoxy) is 1. The van der Waals surface area contributed by atoms with Crippen molar-refractivity contribution in [1.82, 2.24) is 0 Å². The number of para-hydroxylation sites is 1. The summed E-state index contributed by atoms with van der Waals surface area (Å²) < 4.78 is 18.5. The second-order valence-corrected chi connectivity index (χ2v) is 4.00. The van der Waals surface area contributed by atoms with Gasteiger partial charge in [-0.3, -0.25) is 9.59 Å². The second-order valence-electron chi connectivity index (χ2n) is 4.00. The van der Waals surface area contributed by atoms with Gasteiger partial charge in [-0.1, -0.05) is 12.1 Å². The Morgan fingerprint density at radius 1 is 1.15 bits per heavy atom. The zero-order valence-corrected chi connectivity index (χ0v) is 10.5. The van der Waals surface area contributed by atoms with Crippen LogP contribution in [0.5, 0.6) is 5.75 Å². The van der Waals surface area contributed by atoms with Crippen LogP contribution in [0.1, 0.15) is 10.4 Å². The van der Waals surface area contributed by atoms with Crippen LogP contribution in [0.2, 0.25) is 0 Å². The lowest BCUT2D eigenvalue weighted by molar-refractivity contribution is -0.118. The number of benzene rings is 2. The van der Waals surface area contributed by atoms with Gasteiger partial charge in [-0.15, -0.1) is 0 Å². The number of carbonyl (C=O) groups excluding carboxylic acids is 2. The van der Waals surface area contributed by atoms with E-state index >= 15 is 0 Å². The molecule has 2 aromatic rings. The fraction of sp³-hybridized carbons (Fsp3) is 0.0667. The predicted molar refractivity (Wildman–Crippen MR) is 72.4 cm³/mol. The Hall–Kier alpha value is -2.69. The molecule has 0 unspecified atom stereocenters. The van der Waals surface area contributed by atoms with Gasteiger partial charge >= 0.3 is 0 Å². The molecule has 1 N–H and O–H groups in total. The van der Waals surface area contributed by atoms with Crippen LogP contribution in [0.25, 0.3) is 0 Å². The third kappa shape index (κ3) is 3.65. The Balaban J connectivity index is 1.88. The summed E-state index contributed by atoms with van der Waals surface area (Å²) in [4.78, 5) is 22.1. The minimum absolute atomic E-state index is 0.109. The molecular formula is C15H12FNO3. The van der Waals surface area contributed by atoms with E-state index in [9.17, 15) is 14.0 Å². The zero-order valence-electron chi connectivity index (χ0n) is 10.5. The third-order valence-corrected chi connectivity index (χ3v) is 2.53. The van der Waals surface area contributed by atoms with Crippen LogP contribution < -0.4 is 10.1 Å². The van der Waals surface area contributed by atoms with E-state index in [0.29, 0.717) is 17.6 Å². The van der Waals surface area contributed by atoms with E-state index in [1.54, 1.807) is 30.3 Å². The van der Waals surface area contributed by atoms with E-state index < -0.39 is 11.7 Å². The normalized spacial score (nSPS) is 9.85. The van der Waals surface area contributed by atoms with Gasteiger partial charge in [0.2, 0.25) is 0 Å². The maximum absolute atomic E-state index is 13.3. The monoisotopic (exact) mass is 273 g/mol. The average Bonchev–Trinajstić information content (AvgIpc) is 2.48. The van der Waals surface area contributed by atoms with Crippen molar-refractivity contribution in [3.8, 4) is 5.75 Å². The van der Waals surface area contributed by atoms with Crippen molar-refractivity contribution in [2.24, 2.45) is 0 Å². The molecule has 0 saturated heterocycles. The van der Waals surface area contributed by atoms with E-state index in [0.717, 1.165) is 0 Å². The maximum atomic E-state index is 13.3. The second kappa shape index (κ2) is 6.47. The average molecular weight is 273 g/mol. The van der Waals surface area contributed by atoms with E-state index in [4.69, 9.17) is 4.74 Å². The summed E-state index contributed by atoms with van der Waals surface area (Å²) in [6.07, 6.45) is 0.717. The predicted octanol–water partition coefficient (Wildman–Crippen LogP) is 2.66. The lowest BCUT2D eigenvalue weighted by Gasteiger charge is -2.08. The number of halogens is 1. The van der Waals surface area contributed by atoms with E-state index in [1.807, 2.05) is 0 Å². The largest absolute Gasteiger partial charge is 0.484 e. The minimum atomic E-state index is -0.504. The third-order valence-electron chi connectivity index (χ3n) is 2.53. The SMILES string of the molecule is O=Cc1ccc(OCC(=O)Nc2ccccc2F)cc1. The number of anilines is 1. The first-order chi connectivity index (χ1) is 9.69. The van der Waals surface area contributed by atoms with Gasteiger partial charge in [0.25, 0.3) is 5.91 Å². The first kappa shape index (κ1) is 13.7. The molecule has 0 spiro atoms. The molecule has 4 nitrogen and oxygen atoms in total. The molecule has 0 atom stereocenters. The van der Waals surface area contributed by atoms with Crippen molar-refractivity contribution in [3.05, 3.63) is 59.9 Å². The molecule has 0 aromatic heterocycles. The Labute approximate surface area is 115 Å². The summed E-state index contributed by atoms with van der Waals surface area (Å²) in [6, 6.07) is 12.2. The molecule has 102 valence electrons. The van der Waals surface area contributed by atoms with Crippen LogP contribution in [-0.4, -0.2) is 18.8 Å². The molecule has 0 aliphatic heterocycles. The molecule has 2 aromatic carbocycles. The highest BCUT2D eigenvalue weighted by atomic mass is 19.1. The van der Waals surface area contributed by atoms with Crippen LogP contribution in [0.3, 0.4) is 0 Å². The number of nitrogens with one attached hydrogen (secondary N) is 1. The van der Waals surface area contributed by atoms with Gasteiger partial charge in [-0.2, -0.15) is 0 Å². The Kier molecular flexibility index (Phi) is 4.44. The number of amides is 1. The van der Waals surface area contributed by atoms with Gasteiger partial charge in [0.05, 0.1) is 5.69 Å². The van der Waals surface area contributed by atoms with Gasteiger partial charge in [0.15, 0.2) is 6.61 Å². The van der Waals surface area contributed by atoms with Gasteiger partial charge in [-0.25, -0.2) is 4.39 Å². The summed E-state index contributed by atoms with van der Waals surface area (Å²) in [5.41, 5.74) is 0.630. The van der Waals surface area contributed by atoms with E-state index in [1.165, 1.54) is 18.2 Å². The topological polar surface area (TPSA) is 55.4 Å². The van der Waals surface area contributed by atoms with Crippen molar-refractivity contribution in [2.75, 3.05) is 11.9 Å². The lowest BCUT2D eigenvalue weighted by atomic mass is 10.2. The van der Waals surface area contributed by atoms with Gasteiger partial charge < -0.3 is 10.1 Å². The quantitative estimate of drug-likeness (QED) is 0.852. The summed E-state index contributed by atoms with van der Waals surface area (Å²) in [6.45, 7) is -0.241. The molecule has 0 aliphatic rings. The number of hydrogen-bond acceptors (Lipinski definition) is 3. The first-order valence-electron chi connectivity index (χ1n) is 5.91. The van der Waals surface area contributed by atoms with E-state index in [2.05, 4.69) is 5.32 Å². The van der Waals surface area contributed by atoms with Crippen molar-refractivity contribution < 1.29 is 18.7 Å². The highest BCUT2D eigenvalue weighted by Gasteiger charge is 2.07. The van der Waals surface area contributed by atoms with Crippen LogP contribution >= 0.6 is 0 Å². The fourth-order valence-electron chi connectivity index (χ4n) is 1.54. The summed E-state index contributed by atoms with van der Waals surface area (Å²) in [5, 5.41) is 2.41. The molecule has 0 radical (unpaired) electrons. The van der Waals surface area contributed by atoms with E-state index in [-0.39, 0.29) is 12.3 Å². The molecule has 0 bridgehead atoms. The minimum Gasteiger partial charge on any atom is -0.484 e. The Morgan fingerprint density at radius 3 is 2.50 bits per heavy atom. The summed E-state index contributed by atoms with van der Waals surface area (Å²) in [7, 11) is 0. The molecule has 1 amide bonds. The molecule has 0 heterocycles. The summed E-state index contributed by atoms with van der Waals surface area (Å²) >= 11 is 0. The first-order valence-corrected chi connectivity index (χ1v) is 5.91. The Morgan fingerprint density at radius 2 is 1.85 bits per heavy atom. The number of carbonyl (C=O) groups is 2. The molecule has 2 rings (SSSR count). The highest BCUT2D eigenvalue weighted by molar-refractivity contribution is 5.91. The molecule has 0 saturated carbocycles. The highest BCUT2D eigenvalue weighted by Crippen LogP contribution is 2.13.